The molecule has 96 valence electrons. The largest absolute Gasteiger partial charge is 0.384 e. The van der Waals surface area contributed by atoms with Crippen LogP contribution in [0.25, 0.3) is 0 Å². The summed E-state index contributed by atoms with van der Waals surface area (Å²) >= 11 is 0. The van der Waals surface area contributed by atoms with Crippen LogP contribution < -0.4 is 10.6 Å². The zero-order valence-electron chi connectivity index (χ0n) is 10.7. The zero-order valence-corrected chi connectivity index (χ0v) is 10.7. The fourth-order valence-electron chi connectivity index (χ4n) is 2.34. The lowest BCUT2D eigenvalue weighted by Gasteiger charge is -2.10. The molecule has 1 aromatic heterocycles. The normalized spacial score (nSPS) is 16.6. The summed E-state index contributed by atoms with van der Waals surface area (Å²) in [6.45, 7) is 2.61. The number of nitrogens with one attached hydrogen (secondary N) is 2. The highest BCUT2D eigenvalue weighted by atomic mass is 16.2. The number of pyridine rings is 1. The third kappa shape index (κ3) is 2.29. The Kier molecular flexibility index (Phi) is 2.91. The van der Waals surface area contributed by atoms with E-state index in [-0.39, 0.29) is 11.8 Å². The molecule has 2 heterocycles. The summed E-state index contributed by atoms with van der Waals surface area (Å²) in [6, 6.07) is 11.7. The van der Waals surface area contributed by atoms with Gasteiger partial charge in [-0.05, 0) is 36.2 Å². The van der Waals surface area contributed by atoms with Crippen LogP contribution in [0.15, 0.2) is 42.6 Å². The molecule has 1 aliphatic rings. The summed E-state index contributed by atoms with van der Waals surface area (Å²) in [7, 11) is 0. The zero-order chi connectivity index (χ0) is 13.2. The van der Waals surface area contributed by atoms with Crippen LogP contribution in [0.1, 0.15) is 17.0 Å². The number of nitrogens with zero attached hydrogens (tertiary/aromatic N) is 1. The van der Waals surface area contributed by atoms with Gasteiger partial charge in [-0.25, -0.2) is 4.98 Å². The minimum absolute atomic E-state index is 0.0180. The number of anilines is 2. The Balaban J connectivity index is 1.79. The molecular formula is C15H15N3O. The number of aromatic nitrogens is 1. The van der Waals surface area contributed by atoms with Crippen molar-refractivity contribution in [3.63, 3.8) is 0 Å². The Morgan fingerprint density at radius 2 is 2.21 bits per heavy atom. The van der Waals surface area contributed by atoms with Gasteiger partial charge in [0, 0.05) is 18.4 Å². The third-order valence-electron chi connectivity index (χ3n) is 3.32. The highest BCUT2D eigenvalue weighted by molar-refractivity contribution is 5.97. The van der Waals surface area contributed by atoms with E-state index in [1.807, 2.05) is 43.3 Å². The summed E-state index contributed by atoms with van der Waals surface area (Å²) in [6.07, 6.45) is 1.70. The van der Waals surface area contributed by atoms with Gasteiger partial charge < -0.3 is 10.6 Å². The van der Waals surface area contributed by atoms with Crippen molar-refractivity contribution in [1.29, 1.82) is 0 Å². The molecule has 2 aromatic rings. The Bertz CT molecular complexity index is 624. The maximum Gasteiger partial charge on any atom is 0.234 e. The number of hydrogen-bond acceptors (Lipinski definition) is 3. The summed E-state index contributed by atoms with van der Waals surface area (Å²) in [5, 5.41) is 6.12. The summed E-state index contributed by atoms with van der Waals surface area (Å²) in [5.41, 5.74) is 3.17. The maximum atomic E-state index is 12.3. The first kappa shape index (κ1) is 11.7. The van der Waals surface area contributed by atoms with Gasteiger partial charge in [0.25, 0.3) is 0 Å². The fourth-order valence-corrected chi connectivity index (χ4v) is 2.34. The van der Waals surface area contributed by atoms with Gasteiger partial charge in [0.1, 0.15) is 5.82 Å². The third-order valence-corrected chi connectivity index (χ3v) is 3.32. The van der Waals surface area contributed by atoms with Crippen molar-refractivity contribution in [3.8, 4) is 0 Å². The van der Waals surface area contributed by atoms with Gasteiger partial charge in [-0.1, -0.05) is 18.2 Å². The molecule has 1 aromatic carbocycles. The second kappa shape index (κ2) is 4.72. The second-order valence-electron chi connectivity index (χ2n) is 4.73. The molecule has 1 aliphatic heterocycles. The number of hydrogen-bond donors (Lipinski definition) is 2. The molecule has 2 N–H and O–H groups in total. The van der Waals surface area contributed by atoms with Gasteiger partial charge in [-0.2, -0.15) is 0 Å². The van der Waals surface area contributed by atoms with Gasteiger partial charge >= 0.3 is 0 Å². The lowest BCUT2D eigenvalue weighted by atomic mass is 10.0. The van der Waals surface area contributed by atoms with E-state index in [1.165, 1.54) is 0 Å². The molecule has 4 heteroatoms. The molecule has 1 amide bonds. The highest BCUT2D eigenvalue weighted by Gasteiger charge is 2.28. The van der Waals surface area contributed by atoms with Crippen LogP contribution in [0.5, 0.6) is 0 Å². The number of para-hydroxylation sites is 1. The summed E-state index contributed by atoms with van der Waals surface area (Å²) in [4.78, 5) is 16.5. The van der Waals surface area contributed by atoms with Crippen LogP contribution in [-0.2, 0) is 4.79 Å². The Morgan fingerprint density at radius 1 is 1.37 bits per heavy atom. The predicted molar refractivity (Wildman–Crippen MR) is 75.3 cm³/mol. The number of aryl methyl sites for hydroxylation is 1. The van der Waals surface area contributed by atoms with Gasteiger partial charge in [0.2, 0.25) is 5.91 Å². The number of rotatable bonds is 2. The first-order valence-electron chi connectivity index (χ1n) is 6.30. The maximum absolute atomic E-state index is 12.3. The SMILES string of the molecule is Cc1ccnc(NC(=O)C2CNc3ccccc32)c1. The molecule has 0 aliphatic carbocycles. The quantitative estimate of drug-likeness (QED) is 0.864. The molecular weight excluding hydrogens is 238 g/mol. The molecule has 0 fully saturated rings. The van der Waals surface area contributed by atoms with Crippen LogP contribution >= 0.6 is 0 Å². The molecule has 0 saturated carbocycles. The number of carbonyl (C=O) groups excluding carboxylic acids is 1. The van der Waals surface area contributed by atoms with Crippen LogP contribution in [0.2, 0.25) is 0 Å². The highest BCUT2D eigenvalue weighted by Crippen LogP contribution is 2.31. The standard InChI is InChI=1S/C15H15N3O/c1-10-6-7-16-14(8-10)18-15(19)12-9-17-13-5-3-2-4-11(12)13/h2-8,12,17H,9H2,1H3,(H,16,18,19). The van der Waals surface area contributed by atoms with E-state index in [9.17, 15) is 4.79 Å². The molecule has 0 bridgehead atoms. The van der Waals surface area contributed by atoms with Crippen molar-refractivity contribution in [3.05, 3.63) is 53.7 Å². The van der Waals surface area contributed by atoms with E-state index in [0.717, 1.165) is 16.8 Å². The average molecular weight is 253 g/mol. The molecule has 1 unspecified atom stereocenters. The number of fused-ring (bicyclic) bond motifs is 1. The Labute approximate surface area is 111 Å². The molecule has 0 radical (unpaired) electrons. The average Bonchev–Trinajstić information content (AvgIpc) is 2.82. The van der Waals surface area contributed by atoms with Gasteiger partial charge in [-0.15, -0.1) is 0 Å². The number of amides is 1. The van der Waals surface area contributed by atoms with E-state index in [1.54, 1.807) is 6.20 Å². The van der Waals surface area contributed by atoms with Crippen LogP contribution in [0.4, 0.5) is 11.5 Å². The molecule has 19 heavy (non-hydrogen) atoms. The van der Waals surface area contributed by atoms with E-state index in [2.05, 4.69) is 15.6 Å². The molecule has 0 saturated heterocycles. The van der Waals surface area contributed by atoms with Crippen molar-refractivity contribution in [1.82, 2.24) is 4.98 Å². The van der Waals surface area contributed by atoms with Crippen molar-refractivity contribution in [2.24, 2.45) is 0 Å². The van der Waals surface area contributed by atoms with Crippen molar-refractivity contribution >= 4 is 17.4 Å². The van der Waals surface area contributed by atoms with Gasteiger partial charge in [-0.3, -0.25) is 4.79 Å². The first-order valence-corrected chi connectivity index (χ1v) is 6.30. The topological polar surface area (TPSA) is 54.0 Å². The second-order valence-corrected chi connectivity index (χ2v) is 4.73. The number of benzene rings is 1. The molecule has 3 rings (SSSR count). The Morgan fingerprint density at radius 3 is 3.05 bits per heavy atom. The lowest BCUT2D eigenvalue weighted by molar-refractivity contribution is -0.117. The summed E-state index contributed by atoms with van der Waals surface area (Å²) in [5.74, 6) is 0.434. The minimum Gasteiger partial charge on any atom is -0.384 e. The lowest BCUT2D eigenvalue weighted by Crippen LogP contribution is -2.23. The molecule has 0 spiro atoms. The van der Waals surface area contributed by atoms with E-state index in [0.29, 0.717) is 12.4 Å². The van der Waals surface area contributed by atoms with Crippen molar-refractivity contribution in [2.75, 3.05) is 17.2 Å². The predicted octanol–water partition coefficient (Wildman–Crippen LogP) is 2.54. The smallest absolute Gasteiger partial charge is 0.234 e. The Hall–Kier alpha value is -2.36. The number of carbonyl (C=O) groups is 1. The van der Waals surface area contributed by atoms with Gasteiger partial charge in [0.05, 0.1) is 5.92 Å². The van der Waals surface area contributed by atoms with Crippen molar-refractivity contribution < 1.29 is 4.79 Å². The van der Waals surface area contributed by atoms with Crippen molar-refractivity contribution in [2.45, 2.75) is 12.8 Å². The summed E-state index contributed by atoms with van der Waals surface area (Å²) < 4.78 is 0. The molecule has 4 nitrogen and oxygen atoms in total. The van der Waals surface area contributed by atoms with Crippen LogP contribution in [0.3, 0.4) is 0 Å². The molecule has 1 atom stereocenters. The fraction of sp³-hybridized carbons (Fsp3) is 0.200. The minimum atomic E-state index is -0.154. The monoisotopic (exact) mass is 253 g/mol. The van der Waals surface area contributed by atoms with Gasteiger partial charge in [0.15, 0.2) is 0 Å². The van der Waals surface area contributed by atoms with E-state index < -0.39 is 0 Å². The van der Waals surface area contributed by atoms with Crippen LogP contribution in [-0.4, -0.2) is 17.4 Å². The first-order chi connectivity index (χ1) is 9.24. The van der Waals surface area contributed by atoms with Crippen LogP contribution in [0, 0.1) is 6.92 Å². The van der Waals surface area contributed by atoms with E-state index >= 15 is 0 Å². The van der Waals surface area contributed by atoms with E-state index in [4.69, 9.17) is 0 Å².